The van der Waals surface area contributed by atoms with Gasteiger partial charge in [-0.25, -0.2) is 14.4 Å². The van der Waals surface area contributed by atoms with Gasteiger partial charge in [0.1, 0.15) is 86.5 Å². The van der Waals surface area contributed by atoms with Gasteiger partial charge in [-0.1, -0.05) is 12.2 Å². The van der Waals surface area contributed by atoms with E-state index >= 15 is 0 Å². The predicted molar refractivity (Wildman–Crippen MR) is 266 cm³/mol. The smallest absolute Gasteiger partial charge is 0.337 e. The third-order valence-electron chi connectivity index (χ3n) is 14.5. The van der Waals surface area contributed by atoms with Crippen molar-refractivity contribution in [2.45, 2.75) is 144 Å². The molecule has 21 unspecified atom stereocenters. The molecule has 6 aliphatic rings. The molecule has 0 aliphatic carbocycles. The summed E-state index contributed by atoms with van der Waals surface area (Å²) >= 11 is 0. The number of esters is 6. The topological polar surface area (TPSA) is 463 Å². The molecule has 32 nitrogen and oxygen atoms in total. The van der Waals surface area contributed by atoms with Crippen molar-refractivity contribution < 1.29 is 156 Å². The molecule has 3 saturated heterocycles. The molecule has 0 amide bonds. The molecule has 0 aromatic rings. The van der Waals surface area contributed by atoms with Crippen LogP contribution in [0.2, 0.25) is 0 Å². The van der Waals surface area contributed by atoms with Gasteiger partial charge in [0.05, 0.1) is 96.4 Å². The number of aliphatic hydroxyl groups excluding tert-OH is 11. The van der Waals surface area contributed by atoms with Gasteiger partial charge in [0, 0.05) is 34.5 Å². The molecule has 84 heavy (non-hydrogen) atoms. The first-order chi connectivity index (χ1) is 40.0. The van der Waals surface area contributed by atoms with Crippen molar-refractivity contribution in [2.24, 2.45) is 17.8 Å². The molecule has 0 spiro atoms. The number of aliphatic hydroxyl groups is 11. The van der Waals surface area contributed by atoms with Gasteiger partial charge < -0.3 is 127 Å². The van der Waals surface area contributed by atoms with Crippen LogP contribution in [0.4, 0.5) is 0 Å². The zero-order valence-electron chi connectivity index (χ0n) is 46.0. The number of carbonyl (C=O) groups is 6. The van der Waals surface area contributed by atoms with Crippen molar-refractivity contribution in [1.82, 2.24) is 0 Å². The van der Waals surface area contributed by atoms with Gasteiger partial charge in [0.25, 0.3) is 0 Å². The highest BCUT2D eigenvalue weighted by atomic mass is 16.8. The van der Waals surface area contributed by atoms with Gasteiger partial charge in [-0.15, -0.1) is 0 Å². The standard InChI is InChI=1S/C52H70O32/c1-7-20-23(12-33(56)74-10-9-22-25(11-32(55)70-3)28(46(69)73-6)18-78-49(22)84-51-42(65)39(62)36(59)30(15-54)80-51)26(44(67)71-4)16-77-48(20)83-52-43(66)40(63)37(60)31(81-52)19-75-34(57)13-24-21(8-2)47(76-17-27(24)45(68)72-5)82-50-41(64)38(61)35(58)29(14-53)79-50/h7-9,16-18,23-25,29-31,35-43,47-54,58-66H,10-15,19H2,1-6H3. The second-order valence-corrected chi connectivity index (χ2v) is 19.4. The van der Waals surface area contributed by atoms with Crippen molar-refractivity contribution in [3.05, 3.63) is 70.5 Å². The Morgan fingerprint density at radius 1 is 0.440 bits per heavy atom. The maximum Gasteiger partial charge on any atom is 0.337 e. The van der Waals surface area contributed by atoms with Crippen LogP contribution in [-0.4, -0.2) is 258 Å². The van der Waals surface area contributed by atoms with E-state index in [4.69, 9.17) is 71.1 Å². The summed E-state index contributed by atoms with van der Waals surface area (Å²) in [5.74, 6) is -9.58. The van der Waals surface area contributed by atoms with Crippen LogP contribution in [0.25, 0.3) is 0 Å². The zero-order chi connectivity index (χ0) is 61.9. The fourth-order valence-electron chi connectivity index (χ4n) is 9.77. The lowest BCUT2D eigenvalue weighted by atomic mass is 9.86. The molecule has 0 radical (unpaired) electrons. The zero-order valence-corrected chi connectivity index (χ0v) is 46.0. The van der Waals surface area contributed by atoms with E-state index < -0.39 is 210 Å². The van der Waals surface area contributed by atoms with E-state index in [2.05, 4.69) is 0 Å². The Morgan fingerprint density at radius 2 is 0.774 bits per heavy atom. The summed E-state index contributed by atoms with van der Waals surface area (Å²) in [4.78, 5) is 79.1. The lowest BCUT2D eigenvalue weighted by Crippen LogP contribution is -2.60. The van der Waals surface area contributed by atoms with Crippen LogP contribution in [-0.2, 0) is 99.8 Å². The van der Waals surface area contributed by atoms with Crippen LogP contribution in [0.5, 0.6) is 0 Å². The van der Waals surface area contributed by atoms with Crippen LogP contribution >= 0.6 is 0 Å². The first kappa shape index (κ1) is 67.1. The molecule has 470 valence electrons. The van der Waals surface area contributed by atoms with Gasteiger partial charge in [-0.05, 0) is 19.9 Å². The summed E-state index contributed by atoms with van der Waals surface area (Å²) in [5.41, 5.74) is -0.690. The van der Waals surface area contributed by atoms with Crippen LogP contribution in [0.15, 0.2) is 70.5 Å². The molecule has 21 atom stereocenters. The third-order valence-corrected chi connectivity index (χ3v) is 14.5. The molecule has 0 bridgehead atoms. The minimum atomic E-state index is -2.03. The van der Waals surface area contributed by atoms with E-state index in [1.807, 2.05) is 0 Å². The number of hydrogen-bond donors (Lipinski definition) is 11. The number of carbonyl (C=O) groups excluding carboxylic acids is 6. The maximum absolute atomic E-state index is 13.8. The summed E-state index contributed by atoms with van der Waals surface area (Å²) in [6, 6.07) is 0. The lowest BCUT2D eigenvalue weighted by molar-refractivity contribution is -0.328. The molecule has 6 heterocycles. The first-order valence-corrected chi connectivity index (χ1v) is 26.0. The Morgan fingerprint density at radius 3 is 1.13 bits per heavy atom. The van der Waals surface area contributed by atoms with E-state index in [1.165, 1.54) is 32.1 Å². The van der Waals surface area contributed by atoms with Gasteiger partial charge in [-0.3, -0.25) is 14.4 Å². The van der Waals surface area contributed by atoms with E-state index in [9.17, 15) is 84.9 Å². The SMILES string of the molecule is CC=C1C(OC2OC(CO)C(O)C(O)C2O)OC=C(C(=O)OC)C1CC(=O)OCC1OC(OC2OC=C(C(=O)OC)C(CC(=O)OCC=C3C(OC4OC(CO)C(O)C(O)C4O)OC=C(C(=O)OC)C3CC(=O)OC)C2=CC)C(O)C(O)C1O. The number of allylic oxidation sites excluding steroid dienone is 2. The average molecular weight is 1210 g/mol. The molecule has 6 rings (SSSR count). The number of ether oxygens (including phenoxy) is 15. The van der Waals surface area contributed by atoms with Crippen molar-refractivity contribution >= 4 is 35.8 Å². The molecular weight excluding hydrogens is 1140 g/mol. The quantitative estimate of drug-likeness (QED) is 0.0291. The molecule has 0 saturated carbocycles. The summed E-state index contributed by atoms with van der Waals surface area (Å²) in [5, 5.41) is 115. The maximum atomic E-state index is 13.8. The van der Waals surface area contributed by atoms with Crippen molar-refractivity contribution in [3.8, 4) is 0 Å². The van der Waals surface area contributed by atoms with Crippen LogP contribution in [0, 0.1) is 17.8 Å². The fraction of sp³-hybridized carbons (Fsp3) is 0.654. The van der Waals surface area contributed by atoms with Crippen molar-refractivity contribution in [2.75, 3.05) is 54.9 Å². The van der Waals surface area contributed by atoms with E-state index in [0.717, 1.165) is 47.2 Å². The van der Waals surface area contributed by atoms with E-state index in [-0.39, 0.29) is 33.4 Å². The Labute approximate surface area is 478 Å². The Bertz CT molecular complexity index is 2520. The highest BCUT2D eigenvalue weighted by molar-refractivity contribution is 5.92. The van der Waals surface area contributed by atoms with E-state index in [0.29, 0.717) is 0 Å². The highest BCUT2D eigenvalue weighted by Gasteiger charge is 2.51. The summed E-state index contributed by atoms with van der Waals surface area (Å²) in [7, 11) is 4.22. The van der Waals surface area contributed by atoms with Crippen LogP contribution in [0.3, 0.4) is 0 Å². The average Bonchev–Trinajstić information content (AvgIpc) is 2.54. The lowest BCUT2D eigenvalue weighted by Gasteiger charge is -2.42. The summed E-state index contributed by atoms with van der Waals surface area (Å²) < 4.78 is 81.8. The number of hydrogen-bond acceptors (Lipinski definition) is 32. The number of rotatable bonds is 21. The first-order valence-electron chi connectivity index (χ1n) is 26.0. The number of methoxy groups -OCH3 is 4. The monoisotopic (exact) mass is 1210 g/mol. The van der Waals surface area contributed by atoms with Gasteiger partial charge >= 0.3 is 35.8 Å². The third kappa shape index (κ3) is 15.1. The summed E-state index contributed by atoms with van der Waals surface area (Å²) in [6.45, 7) is -0.137. The fourth-order valence-corrected chi connectivity index (χ4v) is 9.77. The van der Waals surface area contributed by atoms with Gasteiger partial charge in [-0.2, -0.15) is 0 Å². The largest absolute Gasteiger partial charge is 0.469 e. The molecule has 6 aliphatic heterocycles. The molecule has 11 N–H and O–H groups in total. The minimum absolute atomic E-state index is 0.0202. The molecule has 3 fully saturated rings. The van der Waals surface area contributed by atoms with Crippen LogP contribution in [0.1, 0.15) is 33.1 Å². The molecular formula is C52H70O32. The van der Waals surface area contributed by atoms with E-state index in [1.54, 1.807) is 0 Å². The second kappa shape index (κ2) is 30.4. The van der Waals surface area contributed by atoms with Crippen molar-refractivity contribution in [3.63, 3.8) is 0 Å². The summed E-state index contributed by atoms with van der Waals surface area (Å²) in [6.07, 6.45) is -26.8. The molecule has 32 heteroatoms. The van der Waals surface area contributed by atoms with Gasteiger partial charge in [0.2, 0.25) is 18.9 Å². The normalized spacial score (nSPS) is 37.5. The van der Waals surface area contributed by atoms with Crippen LogP contribution < -0.4 is 0 Å². The van der Waals surface area contributed by atoms with Gasteiger partial charge in [0.15, 0.2) is 18.9 Å². The Hall–Kier alpha value is -6.02. The molecule has 0 aromatic heterocycles. The van der Waals surface area contributed by atoms with Crippen molar-refractivity contribution in [1.29, 1.82) is 0 Å². The molecule has 0 aromatic carbocycles. The Balaban J connectivity index is 1.15. The second-order valence-electron chi connectivity index (χ2n) is 19.4. The highest BCUT2D eigenvalue weighted by Crippen LogP contribution is 2.40. The Kier molecular flexibility index (Phi) is 24.3. The minimum Gasteiger partial charge on any atom is -0.469 e. The predicted octanol–water partition coefficient (Wildman–Crippen LogP) is -5.22.